The van der Waals surface area contributed by atoms with Gasteiger partial charge in [-0.25, -0.2) is 4.98 Å². The lowest BCUT2D eigenvalue weighted by Crippen LogP contribution is -2.14. The Labute approximate surface area is 120 Å². The third kappa shape index (κ3) is 2.70. The minimum atomic E-state index is -0.370. The van der Waals surface area contributed by atoms with Crippen molar-refractivity contribution >= 4 is 22.5 Å². The van der Waals surface area contributed by atoms with Crippen molar-refractivity contribution in [2.45, 2.75) is 6.61 Å². The number of anilines is 1. The van der Waals surface area contributed by atoms with E-state index in [1.54, 1.807) is 18.3 Å². The van der Waals surface area contributed by atoms with Gasteiger partial charge in [0, 0.05) is 24.0 Å². The number of amides is 1. The number of benzene rings is 1. The van der Waals surface area contributed by atoms with Gasteiger partial charge in [0.2, 0.25) is 0 Å². The molecule has 104 valence electrons. The smallest absolute Gasteiger partial charge is 0.275 e. The molecule has 0 saturated heterocycles. The molecule has 0 radical (unpaired) electrons. The van der Waals surface area contributed by atoms with Crippen LogP contribution in [-0.4, -0.2) is 26.0 Å². The molecule has 0 atom stereocenters. The molecular weight excluding hydrogens is 268 g/mol. The lowest BCUT2D eigenvalue weighted by atomic mass is 10.1. The first-order chi connectivity index (χ1) is 10.3. The number of fused-ring (bicyclic) bond motifs is 1. The molecule has 3 rings (SSSR count). The van der Waals surface area contributed by atoms with Crippen LogP contribution in [0.5, 0.6) is 0 Å². The van der Waals surface area contributed by atoms with Gasteiger partial charge >= 0.3 is 0 Å². The van der Waals surface area contributed by atoms with Crippen LogP contribution < -0.4 is 5.32 Å². The number of aliphatic hydroxyl groups is 1. The molecule has 2 heterocycles. The maximum absolute atomic E-state index is 12.2. The number of rotatable bonds is 3. The highest BCUT2D eigenvalue weighted by Gasteiger charge is 2.11. The maximum Gasteiger partial charge on any atom is 0.275 e. The summed E-state index contributed by atoms with van der Waals surface area (Å²) in [5, 5.41) is 12.9. The molecule has 0 spiro atoms. The van der Waals surface area contributed by atoms with Crippen LogP contribution in [0.1, 0.15) is 16.1 Å². The molecule has 0 saturated carbocycles. The SMILES string of the molecule is O=C(Nc1cc(CO)cc2cccnc12)c1cnccn1. The quantitative estimate of drug-likeness (QED) is 0.763. The molecule has 6 nitrogen and oxygen atoms in total. The van der Waals surface area contributed by atoms with Crippen molar-refractivity contribution in [2.75, 3.05) is 5.32 Å². The van der Waals surface area contributed by atoms with Crippen LogP contribution in [-0.2, 0) is 6.61 Å². The Morgan fingerprint density at radius 1 is 1.19 bits per heavy atom. The summed E-state index contributed by atoms with van der Waals surface area (Å²) in [6.45, 7) is -0.112. The zero-order valence-electron chi connectivity index (χ0n) is 11.0. The van der Waals surface area contributed by atoms with Crippen LogP contribution >= 0.6 is 0 Å². The van der Waals surface area contributed by atoms with Gasteiger partial charge in [-0.2, -0.15) is 0 Å². The maximum atomic E-state index is 12.2. The number of aromatic nitrogens is 3. The number of hydrogen-bond acceptors (Lipinski definition) is 5. The molecule has 0 fully saturated rings. The second-order valence-corrected chi connectivity index (χ2v) is 4.42. The van der Waals surface area contributed by atoms with Crippen molar-refractivity contribution in [3.05, 3.63) is 60.3 Å². The topological polar surface area (TPSA) is 88.0 Å². The van der Waals surface area contributed by atoms with E-state index in [1.165, 1.54) is 18.6 Å². The van der Waals surface area contributed by atoms with Crippen LogP contribution in [0.25, 0.3) is 10.9 Å². The van der Waals surface area contributed by atoms with Crippen LogP contribution in [0, 0.1) is 0 Å². The Balaban J connectivity index is 2.02. The standard InChI is InChI=1S/C15H12N4O2/c20-9-10-6-11-2-1-3-18-14(11)12(7-10)19-15(21)13-8-16-4-5-17-13/h1-8,20H,9H2,(H,19,21). The first-order valence-electron chi connectivity index (χ1n) is 6.34. The molecule has 1 aromatic carbocycles. The number of nitrogens with one attached hydrogen (secondary N) is 1. The highest BCUT2D eigenvalue weighted by molar-refractivity contribution is 6.07. The van der Waals surface area contributed by atoms with E-state index in [9.17, 15) is 9.90 Å². The van der Waals surface area contributed by atoms with Gasteiger partial charge in [0.15, 0.2) is 0 Å². The van der Waals surface area contributed by atoms with Crippen molar-refractivity contribution < 1.29 is 9.90 Å². The normalized spacial score (nSPS) is 10.5. The molecule has 6 heteroatoms. The molecule has 0 unspecified atom stereocenters. The first-order valence-corrected chi connectivity index (χ1v) is 6.34. The minimum absolute atomic E-state index is 0.112. The minimum Gasteiger partial charge on any atom is -0.392 e. The molecule has 2 aromatic heterocycles. The van der Waals surface area contributed by atoms with Gasteiger partial charge in [0.05, 0.1) is 24.0 Å². The molecule has 2 N–H and O–H groups in total. The first kappa shape index (κ1) is 13.1. The van der Waals surface area contributed by atoms with Gasteiger partial charge < -0.3 is 10.4 Å². The molecule has 0 bridgehead atoms. The zero-order valence-corrected chi connectivity index (χ0v) is 11.0. The van der Waals surface area contributed by atoms with Gasteiger partial charge in [-0.1, -0.05) is 6.07 Å². The van der Waals surface area contributed by atoms with Gasteiger partial charge in [0.1, 0.15) is 5.69 Å². The van der Waals surface area contributed by atoms with E-state index in [-0.39, 0.29) is 18.2 Å². The predicted octanol–water partition coefficient (Wildman–Crippen LogP) is 1.77. The fraction of sp³-hybridized carbons (Fsp3) is 0.0667. The summed E-state index contributed by atoms with van der Waals surface area (Å²) in [6, 6.07) is 7.21. The van der Waals surface area contributed by atoms with Gasteiger partial charge in [0.25, 0.3) is 5.91 Å². The second-order valence-electron chi connectivity index (χ2n) is 4.42. The highest BCUT2D eigenvalue weighted by atomic mass is 16.3. The van der Waals surface area contributed by atoms with E-state index in [0.717, 1.165) is 5.39 Å². The van der Waals surface area contributed by atoms with Crippen molar-refractivity contribution in [3.8, 4) is 0 Å². The van der Waals surface area contributed by atoms with Gasteiger partial charge in [-0.15, -0.1) is 0 Å². The monoisotopic (exact) mass is 280 g/mol. The van der Waals surface area contributed by atoms with Crippen molar-refractivity contribution in [1.82, 2.24) is 15.0 Å². The van der Waals surface area contributed by atoms with E-state index >= 15 is 0 Å². The number of carbonyl (C=O) groups is 1. The summed E-state index contributed by atoms with van der Waals surface area (Å²) < 4.78 is 0. The fourth-order valence-corrected chi connectivity index (χ4v) is 2.04. The van der Waals surface area contributed by atoms with Crippen LogP contribution in [0.2, 0.25) is 0 Å². The van der Waals surface area contributed by atoms with Crippen molar-refractivity contribution in [3.63, 3.8) is 0 Å². The molecule has 3 aromatic rings. The highest BCUT2D eigenvalue weighted by Crippen LogP contribution is 2.24. The summed E-state index contributed by atoms with van der Waals surface area (Å²) >= 11 is 0. The van der Waals surface area contributed by atoms with E-state index in [4.69, 9.17) is 0 Å². The molecule has 0 aliphatic carbocycles. The number of hydrogen-bond donors (Lipinski definition) is 2. The predicted molar refractivity (Wildman–Crippen MR) is 77.7 cm³/mol. The van der Waals surface area contributed by atoms with Gasteiger partial charge in [-0.05, 0) is 23.8 Å². The van der Waals surface area contributed by atoms with E-state index < -0.39 is 0 Å². The molecule has 1 amide bonds. The Hall–Kier alpha value is -2.86. The third-order valence-corrected chi connectivity index (χ3v) is 2.99. The average molecular weight is 280 g/mol. The Morgan fingerprint density at radius 2 is 2.10 bits per heavy atom. The van der Waals surface area contributed by atoms with Crippen molar-refractivity contribution in [1.29, 1.82) is 0 Å². The molecule has 21 heavy (non-hydrogen) atoms. The average Bonchev–Trinajstić information content (AvgIpc) is 2.55. The number of nitrogens with zero attached hydrogens (tertiary/aromatic N) is 3. The number of carbonyl (C=O) groups excluding carboxylic acids is 1. The lowest BCUT2D eigenvalue weighted by Gasteiger charge is -2.09. The Morgan fingerprint density at radius 3 is 2.86 bits per heavy atom. The van der Waals surface area contributed by atoms with Crippen LogP contribution in [0.4, 0.5) is 5.69 Å². The van der Waals surface area contributed by atoms with E-state index in [0.29, 0.717) is 16.8 Å². The summed E-state index contributed by atoms with van der Waals surface area (Å²) in [5.41, 5.74) is 2.11. The lowest BCUT2D eigenvalue weighted by molar-refractivity contribution is 0.102. The fourth-order valence-electron chi connectivity index (χ4n) is 2.04. The molecule has 0 aliphatic rings. The Bertz CT molecular complexity index is 790. The summed E-state index contributed by atoms with van der Waals surface area (Å²) in [5.74, 6) is -0.370. The molecule has 0 aliphatic heterocycles. The second kappa shape index (κ2) is 5.64. The van der Waals surface area contributed by atoms with Crippen LogP contribution in [0.15, 0.2) is 49.1 Å². The number of aliphatic hydroxyl groups excluding tert-OH is 1. The zero-order chi connectivity index (χ0) is 14.7. The molecular formula is C15H12N4O2. The van der Waals surface area contributed by atoms with Crippen LogP contribution in [0.3, 0.4) is 0 Å². The summed E-state index contributed by atoms with van der Waals surface area (Å²) in [4.78, 5) is 24.2. The third-order valence-electron chi connectivity index (χ3n) is 2.99. The van der Waals surface area contributed by atoms with Crippen molar-refractivity contribution in [2.24, 2.45) is 0 Å². The number of pyridine rings is 1. The Kier molecular flexibility index (Phi) is 3.53. The van der Waals surface area contributed by atoms with E-state index in [2.05, 4.69) is 20.3 Å². The summed E-state index contributed by atoms with van der Waals surface area (Å²) in [6.07, 6.45) is 6.00. The summed E-state index contributed by atoms with van der Waals surface area (Å²) in [7, 11) is 0. The largest absolute Gasteiger partial charge is 0.392 e. The van der Waals surface area contributed by atoms with Gasteiger partial charge in [-0.3, -0.25) is 14.8 Å². The van der Waals surface area contributed by atoms with E-state index in [1.807, 2.05) is 12.1 Å².